The van der Waals surface area contributed by atoms with E-state index in [0.29, 0.717) is 32.1 Å². The highest BCUT2D eigenvalue weighted by molar-refractivity contribution is 5.84. The van der Waals surface area contributed by atoms with Crippen LogP contribution in [0.15, 0.2) is 66.7 Å². The second-order valence-corrected chi connectivity index (χ2v) is 9.37. The van der Waals surface area contributed by atoms with Crippen molar-refractivity contribution in [1.29, 1.82) is 0 Å². The molecule has 1 atom stereocenters. The summed E-state index contributed by atoms with van der Waals surface area (Å²) in [5.41, 5.74) is 5.22. The Balaban J connectivity index is 1.17. The zero-order chi connectivity index (χ0) is 23.1. The molecule has 2 heterocycles. The molecule has 0 aromatic heterocycles. The van der Waals surface area contributed by atoms with Crippen molar-refractivity contribution in [2.75, 3.05) is 6.79 Å². The van der Waals surface area contributed by atoms with Gasteiger partial charge in [-0.15, -0.1) is 0 Å². The van der Waals surface area contributed by atoms with Crippen LogP contribution in [-0.4, -0.2) is 24.1 Å². The average molecular weight is 455 g/mol. The van der Waals surface area contributed by atoms with Gasteiger partial charge in [0.05, 0.1) is 6.04 Å². The van der Waals surface area contributed by atoms with Crippen LogP contribution < -0.4 is 20.1 Å². The maximum absolute atomic E-state index is 13.1. The fourth-order valence-corrected chi connectivity index (χ4v) is 5.52. The van der Waals surface area contributed by atoms with Crippen LogP contribution in [0.1, 0.15) is 48.4 Å². The number of fused-ring (bicyclic) bond motifs is 4. The number of benzene rings is 3. The summed E-state index contributed by atoms with van der Waals surface area (Å²) < 4.78 is 10.9. The molecule has 2 amide bonds. The molecule has 0 saturated carbocycles. The van der Waals surface area contributed by atoms with Crippen LogP contribution in [0.3, 0.4) is 0 Å². The highest BCUT2D eigenvalue weighted by Gasteiger charge is 2.38. The molecule has 3 aromatic rings. The highest BCUT2D eigenvalue weighted by atomic mass is 16.7. The van der Waals surface area contributed by atoms with Gasteiger partial charge in [-0.3, -0.25) is 9.59 Å². The van der Waals surface area contributed by atoms with Gasteiger partial charge in [-0.1, -0.05) is 54.6 Å². The lowest BCUT2D eigenvalue weighted by Crippen LogP contribution is -2.44. The Morgan fingerprint density at radius 1 is 0.971 bits per heavy atom. The Bertz CT molecular complexity index is 1240. The largest absolute Gasteiger partial charge is 0.454 e. The molecule has 0 bridgehead atoms. The molecule has 1 fully saturated rings. The quantitative estimate of drug-likeness (QED) is 0.583. The number of carbonyl (C=O) groups is 2. The van der Waals surface area contributed by atoms with Gasteiger partial charge in [-0.2, -0.15) is 0 Å². The molecule has 172 valence electrons. The molecule has 6 heteroatoms. The number of ether oxygens (including phenoxy) is 2. The van der Waals surface area contributed by atoms with E-state index in [1.165, 1.54) is 11.1 Å². The standard InChI is InChI=1S/C28H26N2O4/c31-25(29-27-21-7-3-1-5-19(21)20-6-2-4-8-22(20)27)11-13-28(14-12-26(32)30-28)16-18-9-10-23-24(15-18)34-17-33-23/h1-10,15,27H,11-14,16-17H2,(H,29,31)(H,30,32)/t28-/m1/s1. The Morgan fingerprint density at radius 3 is 2.38 bits per heavy atom. The van der Waals surface area contributed by atoms with Gasteiger partial charge in [0.25, 0.3) is 0 Å². The van der Waals surface area contributed by atoms with Crippen LogP contribution in [0, 0.1) is 0 Å². The third kappa shape index (κ3) is 3.69. The van der Waals surface area contributed by atoms with Crippen LogP contribution >= 0.6 is 0 Å². The van der Waals surface area contributed by atoms with E-state index in [4.69, 9.17) is 9.47 Å². The van der Waals surface area contributed by atoms with Gasteiger partial charge in [0.2, 0.25) is 18.6 Å². The lowest BCUT2D eigenvalue weighted by molar-refractivity contribution is -0.123. The van der Waals surface area contributed by atoms with Crippen molar-refractivity contribution in [3.8, 4) is 22.6 Å². The van der Waals surface area contributed by atoms with E-state index in [2.05, 4.69) is 34.9 Å². The monoisotopic (exact) mass is 454 g/mol. The van der Waals surface area contributed by atoms with Crippen LogP contribution in [0.2, 0.25) is 0 Å². The van der Waals surface area contributed by atoms with E-state index in [9.17, 15) is 9.59 Å². The fraction of sp³-hybridized carbons (Fsp3) is 0.286. The fourth-order valence-electron chi connectivity index (χ4n) is 5.52. The number of carbonyl (C=O) groups excluding carboxylic acids is 2. The molecule has 1 aliphatic carbocycles. The van der Waals surface area contributed by atoms with E-state index >= 15 is 0 Å². The second-order valence-electron chi connectivity index (χ2n) is 9.37. The minimum absolute atomic E-state index is 0.0114. The summed E-state index contributed by atoms with van der Waals surface area (Å²) >= 11 is 0. The van der Waals surface area contributed by atoms with Crippen LogP contribution in [-0.2, 0) is 16.0 Å². The minimum atomic E-state index is -0.437. The number of hydrogen-bond acceptors (Lipinski definition) is 4. The molecule has 6 rings (SSSR count). The zero-order valence-corrected chi connectivity index (χ0v) is 18.8. The molecule has 3 aliphatic rings. The topological polar surface area (TPSA) is 76.7 Å². The number of hydrogen-bond donors (Lipinski definition) is 2. The Kier molecular flexibility index (Phi) is 5.01. The Morgan fingerprint density at radius 2 is 1.68 bits per heavy atom. The molecule has 3 aromatic carbocycles. The van der Waals surface area contributed by atoms with E-state index in [1.54, 1.807) is 0 Å². The van der Waals surface area contributed by atoms with Crippen molar-refractivity contribution in [3.05, 3.63) is 83.4 Å². The first kappa shape index (κ1) is 20.8. The predicted molar refractivity (Wildman–Crippen MR) is 127 cm³/mol. The SMILES string of the molecule is O=C(CC[C@]1(Cc2ccc3c(c2)OCO3)CCC(=O)N1)NC1c2ccccc2-c2ccccc21. The number of nitrogens with one attached hydrogen (secondary N) is 2. The smallest absolute Gasteiger partial charge is 0.231 e. The summed E-state index contributed by atoms with van der Waals surface area (Å²) in [6, 6.07) is 22.2. The molecule has 1 saturated heterocycles. The predicted octanol–water partition coefficient (Wildman–Crippen LogP) is 4.27. The van der Waals surface area contributed by atoms with Crippen molar-refractivity contribution in [2.24, 2.45) is 0 Å². The van der Waals surface area contributed by atoms with E-state index in [1.807, 2.05) is 42.5 Å². The second kappa shape index (κ2) is 8.20. The molecule has 0 unspecified atom stereocenters. The third-order valence-corrected chi connectivity index (χ3v) is 7.18. The van der Waals surface area contributed by atoms with Crippen molar-refractivity contribution >= 4 is 11.8 Å². The molecule has 2 aliphatic heterocycles. The van der Waals surface area contributed by atoms with Crippen molar-refractivity contribution < 1.29 is 19.1 Å². The summed E-state index contributed by atoms with van der Waals surface area (Å²) in [5.74, 6) is 1.50. The van der Waals surface area contributed by atoms with Gasteiger partial charge >= 0.3 is 0 Å². The van der Waals surface area contributed by atoms with Crippen molar-refractivity contribution in [3.63, 3.8) is 0 Å². The first-order valence-electron chi connectivity index (χ1n) is 11.8. The van der Waals surface area contributed by atoms with E-state index in [-0.39, 0.29) is 24.6 Å². The third-order valence-electron chi connectivity index (χ3n) is 7.18. The zero-order valence-electron chi connectivity index (χ0n) is 18.8. The Hall–Kier alpha value is -3.80. The molecular weight excluding hydrogens is 428 g/mol. The Labute approximate surface area is 198 Å². The minimum Gasteiger partial charge on any atom is -0.454 e. The van der Waals surface area contributed by atoms with Gasteiger partial charge < -0.3 is 20.1 Å². The van der Waals surface area contributed by atoms with Gasteiger partial charge in [-0.05, 0) is 59.2 Å². The van der Waals surface area contributed by atoms with Crippen LogP contribution in [0.5, 0.6) is 11.5 Å². The summed E-state index contributed by atoms with van der Waals surface area (Å²) in [4.78, 5) is 25.3. The van der Waals surface area contributed by atoms with Crippen LogP contribution in [0.25, 0.3) is 11.1 Å². The summed E-state index contributed by atoms with van der Waals surface area (Å²) in [5, 5.41) is 6.43. The van der Waals surface area contributed by atoms with Crippen LogP contribution in [0.4, 0.5) is 0 Å². The van der Waals surface area contributed by atoms with E-state index < -0.39 is 5.54 Å². The normalized spacial score (nSPS) is 20.1. The number of rotatable bonds is 6. The maximum Gasteiger partial charge on any atom is 0.231 e. The number of amides is 2. The molecule has 0 spiro atoms. The molecule has 6 nitrogen and oxygen atoms in total. The highest BCUT2D eigenvalue weighted by Crippen LogP contribution is 2.43. The van der Waals surface area contributed by atoms with Gasteiger partial charge in [-0.25, -0.2) is 0 Å². The average Bonchev–Trinajstić information content (AvgIpc) is 3.55. The van der Waals surface area contributed by atoms with Crippen molar-refractivity contribution in [2.45, 2.75) is 43.7 Å². The molecular formula is C28H26N2O4. The summed E-state index contributed by atoms with van der Waals surface area (Å²) in [6.07, 6.45) is 2.76. The van der Waals surface area contributed by atoms with E-state index in [0.717, 1.165) is 28.2 Å². The first-order chi connectivity index (χ1) is 16.6. The maximum atomic E-state index is 13.1. The molecule has 2 N–H and O–H groups in total. The summed E-state index contributed by atoms with van der Waals surface area (Å²) in [6.45, 7) is 0.230. The summed E-state index contributed by atoms with van der Waals surface area (Å²) in [7, 11) is 0. The van der Waals surface area contributed by atoms with Gasteiger partial charge in [0.15, 0.2) is 11.5 Å². The lowest BCUT2D eigenvalue weighted by atomic mass is 9.84. The van der Waals surface area contributed by atoms with Gasteiger partial charge in [0, 0.05) is 18.4 Å². The molecule has 0 radical (unpaired) electrons. The first-order valence-corrected chi connectivity index (χ1v) is 11.8. The lowest BCUT2D eigenvalue weighted by Gasteiger charge is -2.29. The van der Waals surface area contributed by atoms with Gasteiger partial charge in [0.1, 0.15) is 0 Å². The van der Waals surface area contributed by atoms with Crippen molar-refractivity contribution in [1.82, 2.24) is 10.6 Å². The molecule has 34 heavy (non-hydrogen) atoms.